The first kappa shape index (κ1) is 13.5. The predicted octanol–water partition coefficient (Wildman–Crippen LogP) is 3.33. The lowest BCUT2D eigenvalue weighted by Crippen LogP contribution is -2.40. The third-order valence-electron chi connectivity index (χ3n) is 4.59. The third kappa shape index (κ3) is 2.71. The molecule has 2 heterocycles. The van der Waals surface area contributed by atoms with Crippen LogP contribution in [0.15, 0.2) is 22.7 Å². The first-order valence-corrected chi connectivity index (χ1v) is 7.87. The first-order chi connectivity index (χ1) is 9.15. The van der Waals surface area contributed by atoms with E-state index in [1.807, 2.05) is 12.1 Å². The predicted molar refractivity (Wildman–Crippen MR) is 78.6 cm³/mol. The molecule has 0 aliphatic carbocycles. The summed E-state index contributed by atoms with van der Waals surface area (Å²) in [5.74, 6) is 0.638. The van der Waals surface area contributed by atoms with Crippen molar-refractivity contribution in [2.24, 2.45) is 5.92 Å². The zero-order valence-corrected chi connectivity index (χ0v) is 12.8. The van der Waals surface area contributed by atoms with Crippen LogP contribution < -0.4 is 5.32 Å². The van der Waals surface area contributed by atoms with Crippen LogP contribution in [-0.2, 0) is 0 Å². The maximum atomic E-state index is 14.1. The Kier molecular flexibility index (Phi) is 3.92. The van der Waals surface area contributed by atoms with Crippen LogP contribution in [0.2, 0.25) is 0 Å². The standard InChI is InChI=1S/C15H20BrFN2/c1-10(13-5-4-12(16)7-14(13)17)19-8-11-3-2-6-18-15(11)9-19/h4-5,7,10-11,15,18H,2-3,6,8-9H2,1H3/t10?,11-,15+/m0/s1. The molecule has 1 unspecified atom stereocenters. The molecule has 4 heteroatoms. The van der Waals surface area contributed by atoms with Crippen molar-refractivity contribution in [3.63, 3.8) is 0 Å². The van der Waals surface area contributed by atoms with Crippen LogP contribution in [0.5, 0.6) is 0 Å². The number of nitrogens with zero attached hydrogens (tertiary/aromatic N) is 1. The highest BCUT2D eigenvalue weighted by Gasteiger charge is 2.36. The summed E-state index contributed by atoms with van der Waals surface area (Å²) in [4.78, 5) is 2.42. The number of nitrogens with one attached hydrogen (secondary N) is 1. The maximum Gasteiger partial charge on any atom is 0.129 e. The molecule has 2 saturated heterocycles. The molecule has 2 aliphatic rings. The lowest BCUT2D eigenvalue weighted by atomic mass is 9.94. The number of likely N-dealkylation sites (tertiary alicyclic amines) is 1. The summed E-state index contributed by atoms with van der Waals surface area (Å²) in [6, 6.07) is 6.15. The lowest BCUT2D eigenvalue weighted by Gasteiger charge is -2.25. The molecular weight excluding hydrogens is 307 g/mol. The van der Waals surface area contributed by atoms with Gasteiger partial charge in [0.25, 0.3) is 0 Å². The van der Waals surface area contributed by atoms with E-state index in [0.29, 0.717) is 6.04 Å². The number of hydrogen-bond donors (Lipinski definition) is 1. The minimum absolute atomic E-state index is 0.107. The van der Waals surface area contributed by atoms with Gasteiger partial charge in [0.15, 0.2) is 0 Å². The summed E-state index contributed by atoms with van der Waals surface area (Å²) in [7, 11) is 0. The summed E-state index contributed by atoms with van der Waals surface area (Å²) < 4.78 is 14.9. The Labute approximate surface area is 122 Å². The SMILES string of the molecule is CC(c1ccc(Br)cc1F)N1C[C@@H]2CCCN[C@@H]2C1. The molecule has 2 aliphatic heterocycles. The average molecular weight is 327 g/mol. The van der Waals surface area contributed by atoms with Crippen LogP contribution in [0.1, 0.15) is 31.4 Å². The van der Waals surface area contributed by atoms with Gasteiger partial charge in [-0.25, -0.2) is 4.39 Å². The van der Waals surface area contributed by atoms with Crippen LogP contribution >= 0.6 is 15.9 Å². The maximum absolute atomic E-state index is 14.1. The Morgan fingerprint density at radius 1 is 1.42 bits per heavy atom. The molecule has 19 heavy (non-hydrogen) atoms. The van der Waals surface area contributed by atoms with E-state index in [-0.39, 0.29) is 11.9 Å². The van der Waals surface area contributed by atoms with E-state index < -0.39 is 0 Å². The Morgan fingerprint density at radius 2 is 2.26 bits per heavy atom. The fourth-order valence-corrected chi connectivity index (χ4v) is 3.77. The summed E-state index contributed by atoms with van der Waals surface area (Å²) in [6.45, 7) is 5.38. The highest BCUT2D eigenvalue weighted by molar-refractivity contribution is 9.10. The molecule has 3 rings (SSSR count). The van der Waals surface area contributed by atoms with Crippen LogP contribution in [0.4, 0.5) is 4.39 Å². The van der Waals surface area contributed by atoms with Crippen LogP contribution in [-0.4, -0.2) is 30.6 Å². The topological polar surface area (TPSA) is 15.3 Å². The van der Waals surface area contributed by atoms with E-state index in [0.717, 1.165) is 35.6 Å². The van der Waals surface area contributed by atoms with E-state index in [1.165, 1.54) is 12.8 Å². The largest absolute Gasteiger partial charge is 0.312 e. The van der Waals surface area contributed by atoms with Gasteiger partial charge in [-0.2, -0.15) is 0 Å². The molecule has 0 bridgehead atoms. The monoisotopic (exact) mass is 326 g/mol. The van der Waals surface area contributed by atoms with Crippen molar-refractivity contribution in [2.75, 3.05) is 19.6 Å². The number of hydrogen-bond acceptors (Lipinski definition) is 2. The molecule has 1 aromatic rings. The quantitative estimate of drug-likeness (QED) is 0.896. The molecule has 0 radical (unpaired) electrons. The smallest absolute Gasteiger partial charge is 0.129 e. The zero-order chi connectivity index (χ0) is 13.4. The number of halogens is 2. The molecule has 1 N–H and O–H groups in total. The van der Waals surface area contributed by atoms with Crippen LogP contribution in [0.25, 0.3) is 0 Å². The molecule has 0 aromatic heterocycles. The van der Waals surface area contributed by atoms with Gasteiger partial charge < -0.3 is 5.32 Å². The zero-order valence-electron chi connectivity index (χ0n) is 11.2. The van der Waals surface area contributed by atoms with Gasteiger partial charge in [0.05, 0.1) is 0 Å². The molecular formula is C15H20BrFN2. The van der Waals surface area contributed by atoms with E-state index in [2.05, 4.69) is 33.1 Å². The van der Waals surface area contributed by atoms with Gasteiger partial charge in [-0.05, 0) is 44.4 Å². The Balaban J connectivity index is 1.75. The van der Waals surface area contributed by atoms with Gasteiger partial charge in [-0.1, -0.05) is 22.0 Å². The van der Waals surface area contributed by atoms with Gasteiger partial charge in [0.1, 0.15) is 5.82 Å². The third-order valence-corrected chi connectivity index (χ3v) is 5.08. The summed E-state index contributed by atoms with van der Waals surface area (Å²) >= 11 is 3.32. The second-order valence-corrected chi connectivity index (χ2v) is 6.67. The van der Waals surface area contributed by atoms with E-state index in [9.17, 15) is 4.39 Å². The van der Waals surface area contributed by atoms with Crippen molar-refractivity contribution in [3.05, 3.63) is 34.1 Å². The van der Waals surface area contributed by atoms with E-state index in [1.54, 1.807) is 6.07 Å². The lowest BCUT2D eigenvalue weighted by molar-refractivity contribution is 0.246. The number of rotatable bonds is 2. The first-order valence-electron chi connectivity index (χ1n) is 7.07. The molecule has 104 valence electrons. The van der Waals surface area contributed by atoms with Gasteiger partial charge >= 0.3 is 0 Å². The van der Waals surface area contributed by atoms with Crippen LogP contribution in [0.3, 0.4) is 0 Å². The van der Waals surface area contributed by atoms with E-state index >= 15 is 0 Å². The van der Waals surface area contributed by atoms with Crippen molar-refractivity contribution in [1.82, 2.24) is 10.2 Å². The number of benzene rings is 1. The molecule has 0 amide bonds. The molecule has 2 nitrogen and oxygen atoms in total. The average Bonchev–Trinajstić information content (AvgIpc) is 2.81. The minimum atomic E-state index is -0.107. The molecule has 3 atom stereocenters. The minimum Gasteiger partial charge on any atom is -0.312 e. The molecule has 2 fully saturated rings. The fourth-order valence-electron chi connectivity index (χ4n) is 3.43. The second-order valence-electron chi connectivity index (χ2n) is 5.76. The van der Waals surface area contributed by atoms with Gasteiger partial charge in [-0.15, -0.1) is 0 Å². The van der Waals surface area contributed by atoms with Crippen molar-refractivity contribution in [3.8, 4) is 0 Å². The second kappa shape index (κ2) is 5.51. The van der Waals surface area contributed by atoms with Crippen molar-refractivity contribution < 1.29 is 4.39 Å². The summed E-state index contributed by atoms with van der Waals surface area (Å²) in [5.41, 5.74) is 0.807. The van der Waals surface area contributed by atoms with Crippen molar-refractivity contribution in [1.29, 1.82) is 0 Å². The van der Waals surface area contributed by atoms with Gasteiger partial charge in [0.2, 0.25) is 0 Å². The molecule has 0 spiro atoms. The number of fused-ring (bicyclic) bond motifs is 1. The highest BCUT2D eigenvalue weighted by Crippen LogP contribution is 2.32. The Morgan fingerprint density at radius 3 is 3.00 bits per heavy atom. The fraction of sp³-hybridized carbons (Fsp3) is 0.600. The summed E-state index contributed by atoms with van der Waals surface area (Å²) in [5, 5.41) is 3.60. The molecule has 1 aromatic carbocycles. The van der Waals surface area contributed by atoms with E-state index in [4.69, 9.17) is 0 Å². The summed E-state index contributed by atoms with van der Waals surface area (Å²) in [6.07, 6.45) is 2.58. The normalized spacial score (nSPS) is 29.2. The Hall–Kier alpha value is -0.450. The van der Waals surface area contributed by atoms with Crippen molar-refractivity contribution in [2.45, 2.75) is 31.8 Å². The van der Waals surface area contributed by atoms with Gasteiger partial charge in [0, 0.05) is 35.2 Å². The van der Waals surface area contributed by atoms with Crippen LogP contribution in [0, 0.1) is 11.7 Å². The van der Waals surface area contributed by atoms with Gasteiger partial charge in [-0.3, -0.25) is 4.90 Å². The number of piperidine rings is 1. The molecule has 0 saturated carbocycles. The Bertz CT molecular complexity index is 451. The highest BCUT2D eigenvalue weighted by atomic mass is 79.9. The van der Waals surface area contributed by atoms with Crippen molar-refractivity contribution >= 4 is 15.9 Å².